The third-order valence-electron chi connectivity index (χ3n) is 4.70. The molecule has 0 aliphatic heterocycles. The molecule has 0 aromatic heterocycles. The van der Waals surface area contributed by atoms with Gasteiger partial charge in [-0.3, -0.25) is 4.79 Å². The molecular formula is C24H26N4O. The second-order valence-electron chi connectivity index (χ2n) is 6.93. The van der Waals surface area contributed by atoms with Crippen LogP contribution in [0.25, 0.3) is 0 Å². The van der Waals surface area contributed by atoms with Crippen molar-refractivity contribution in [2.24, 2.45) is 16.5 Å². The van der Waals surface area contributed by atoms with Crippen LogP contribution in [-0.2, 0) is 24.3 Å². The van der Waals surface area contributed by atoms with Gasteiger partial charge in [0.1, 0.15) is 0 Å². The lowest BCUT2D eigenvalue weighted by Crippen LogP contribution is -2.30. The molecule has 0 heterocycles. The van der Waals surface area contributed by atoms with Crippen molar-refractivity contribution in [1.82, 2.24) is 5.32 Å². The lowest BCUT2D eigenvalue weighted by molar-refractivity contribution is -0.122. The molecule has 148 valence electrons. The van der Waals surface area contributed by atoms with Gasteiger partial charge in [0.05, 0.1) is 12.5 Å². The average Bonchev–Trinajstić information content (AvgIpc) is 2.76. The summed E-state index contributed by atoms with van der Waals surface area (Å²) < 4.78 is 0. The maximum Gasteiger partial charge on any atom is 0.228 e. The lowest BCUT2D eigenvalue weighted by Gasteiger charge is -2.18. The molecule has 3 aromatic carbocycles. The van der Waals surface area contributed by atoms with Crippen molar-refractivity contribution in [3.05, 3.63) is 107 Å². The number of nitrogens with two attached hydrogens (primary N) is 2. The van der Waals surface area contributed by atoms with Gasteiger partial charge in [-0.25, -0.2) is 4.99 Å². The zero-order valence-corrected chi connectivity index (χ0v) is 16.3. The van der Waals surface area contributed by atoms with Crippen molar-refractivity contribution >= 4 is 11.9 Å². The van der Waals surface area contributed by atoms with Crippen LogP contribution in [0.5, 0.6) is 0 Å². The van der Waals surface area contributed by atoms with E-state index in [-0.39, 0.29) is 17.8 Å². The number of hydrogen-bond donors (Lipinski definition) is 3. The Balaban J connectivity index is 1.70. The van der Waals surface area contributed by atoms with Gasteiger partial charge in [-0.05, 0) is 28.7 Å². The fraction of sp³-hybridized carbons (Fsp3) is 0.167. The summed E-state index contributed by atoms with van der Waals surface area (Å²) in [5.74, 6) is -0.173. The molecule has 5 N–H and O–H groups in total. The molecule has 1 atom stereocenters. The highest BCUT2D eigenvalue weighted by molar-refractivity contribution is 5.84. The zero-order valence-electron chi connectivity index (χ0n) is 16.3. The first-order chi connectivity index (χ1) is 14.1. The molecule has 0 fully saturated rings. The topological polar surface area (TPSA) is 93.5 Å². The summed E-state index contributed by atoms with van der Waals surface area (Å²) in [5, 5.41) is 3.09. The fourth-order valence-corrected chi connectivity index (χ4v) is 3.23. The third kappa shape index (κ3) is 6.21. The maximum atomic E-state index is 13.1. The largest absolute Gasteiger partial charge is 0.370 e. The molecule has 29 heavy (non-hydrogen) atoms. The number of nitrogens with one attached hydrogen (secondary N) is 1. The number of carbonyl (C=O) groups excluding carboxylic acids is 1. The highest BCUT2D eigenvalue weighted by Gasteiger charge is 2.20. The third-order valence-corrected chi connectivity index (χ3v) is 4.70. The second kappa shape index (κ2) is 10.1. The van der Waals surface area contributed by atoms with E-state index in [0.717, 1.165) is 22.3 Å². The van der Waals surface area contributed by atoms with E-state index in [2.05, 4.69) is 22.4 Å². The van der Waals surface area contributed by atoms with E-state index in [9.17, 15) is 4.79 Å². The summed E-state index contributed by atoms with van der Waals surface area (Å²) in [4.78, 5) is 17.1. The highest BCUT2D eigenvalue weighted by atomic mass is 16.1. The highest BCUT2D eigenvalue weighted by Crippen LogP contribution is 2.21. The molecule has 0 aliphatic carbocycles. The van der Waals surface area contributed by atoms with E-state index in [1.807, 2.05) is 72.8 Å². The van der Waals surface area contributed by atoms with Crippen molar-refractivity contribution < 1.29 is 4.79 Å². The zero-order chi connectivity index (χ0) is 20.5. The van der Waals surface area contributed by atoms with E-state index >= 15 is 0 Å². The van der Waals surface area contributed by atoms with Crippen molar-refractivity contribution in [1.29, 1.82) is 0 Å². The predicted octanol–water partition coefficient (Wildman–Crippen LogP) is 3.10. The van der Waals surface area contributed by atoms with Crippen LogP contribution in [0.4, 0.5) is 0 Å². The summed E-state index contributed by atoms with van der Waals surface area (Å²) in [5.41, 5.74) is 14.9. The number of guanidine groups is 1. The van der Waals surface area contributed by atoms with Crippen LogP contribution in [0.2, 0.25) is 0 Å². The van der Waals surface area contributed by atoms with Crippen LogP contribution in [-0.4, -0.2) is 11.9 Å². The van der Waals surface area contributed by atoms with E-state index in [4.69, 9.17) is 11.5 Å². The molecule has 0 spiro atoms. The van der Waals surface area contributed by atoms with Gasteiger partial charge >= 0.3 is 0 Å². The molecule has 5 heteroatoms. The predicted molar refractivity (Wildman–Crippen MR) is 117 cm³/mol. The molecule has 0 saturated heterocycles. The summed E-state index contributed by atoms with van der Waals surface area (Å²) in [6, 6.07) is 27.9. The smallest absolute Gasteiger partial charge is 0.228 e. The monoisotopic (exact) mass is 386 g/mol. The molecule has 3 aromatic rings. The summed E-state index contributed by atoms with van der Waals surface area (Å²) in [7, 11) is 0. The molecular weight excluding hydrogens is 360 g/mol. The second-order valence-corrected chi connectivity index (χ2v) is 6.93. The standard InChI is InChI=1S/C24H26N4O/c25-24(26)28-17-20-11-7-10-19(14-20)16-27-23(29)22(21-12-5-2-6-13-21)15-18-8-3-1-4-9-18/h1-14,22H,15-17H2,(H,27,29)(H4,25,26,28). The molecule has 0 radical (unpaired) electrons. The number of rotatable bonds is 8. The van der Waals surface area contributed by atoms with Crippen molar-refractivity contribution in [2.45, 2.75) is 25.4 Å². The van der Waals surface area contributed by atoms with Gasteiger partial charge in [-0.2, -0.15) is 0 Å². The van der Waals surface area contributed by atoms with Crippen LogP contribution >= 0.6 is 0 Å². The average molecular weight is 386 g/mol. The Bertz CT molecular complexity index is 951. The van der Waals surface area contributed by atoms with Gasteiger partial charge in [0.25, 0.3) is 0 Å². The minimum atomic E-state index is -0.247. The first kappa shape index (κ1) is 20.1. The number of hydrogen-bond acceptors (Lipinski definition) is 2. The van der Waals surface area contributed by atoms with Crippen molar-refractivity contribution in [3.63, 3.8) is 0 Å². The number of nitrogens with zero attached hydrogens (tertiary/aromatic N) is 1. The Kier molecular flexibility index (Phi) is 7.00. The van der Waals surface area contributed by atoms with Crippen LogP contribution in [0.3, 0.4) is 0 Å². The molecule has 0 aliphatic rings. The molecule has 1 unspecified atom stereocenters. The quantitative estimate of drug-likeness (QED) is 0.410. The van der Waals surface area contributed by atoms with Crippen LogP contribution < -0.4 is 16.8 Å². The van der Waals surface area contributed by atoms with E-state index in [1.165, 1.54) is 0 Å². The van der Waals surface area contributed by atoms with Gasteiger partial charge in [0, 0.05) is 6.54 Å². The molecule has 0 saturated carbocycles. The summed E-state index contributed by atoms with van der Waals surface area (Å²) >= 11 is 0. The first-order valence-electron chi connectivity index (χ1n) is 9.61. The Hall–Kier alpha value is -3.60. The van der Waals surface area contributed by atoms with E-state index in [1.54, 1.807) is 0 Å². The van der Waals surface area contributed by atoms with Crippen LogP contribution in [0.1, 0.15) is 28.2 Å². The van der Waals surface area contributed by atoms with E-state index in [0.29, 0.717) is 19.5 Å². The van der Waals surface area contributed by atoms with Gasteiger partial charge in [0.15, 0.2) is 5.96 Å². The lowest BCUT2D eigenvalue weighted by atomic mass is 9.91. The minimum Gasteiger partial charge on any atom is -0.370 e. The van der Waals surface area contributed by atoms with Gasteiger partial charge in [-0.1, -0.05) is 84.9 Å². The van der Waals surface area contributed by atoms with Gasteiger partial charge in [0.2, 0.25) is 5.91 Å². The Morgan fingerprint density at radius 3 is 2.14 bits per heavy atom. The number of carbonyl (C=O) groups is 1. The van der Waals surface area contributed by atoms with Crippen LogP contribution in [0, 0.1) is 0 Å². The fourth-order valence-electron chi connectivity index (χ4n) is 3.23. The van der Waals surface area contributed by atoms with Crippen molar-refractivity contribution in [2.75, 3.05) is 0 Å². The Morgan fingerprint density at radius 2 is 1.45 bits per heavy atom. The van der Waals surface area contributed by atoms with Crippen LogP contribution in [0.15, 0.2) is 89.9 Å². The maximum absolute atomic E-state index is 13.1. The SMILES string of the molecule is NC(N)=NCc1cccc(CNC(=O)C(Cc2ccccc2)c2ccccc2)c1. The first-order valence-corrected chi connectivity index (χ1v) is 9.61. The molecule has 1 amide bonds. The summed E-state index contributed by atoms with van der Waals surface area (Å²) in [6.45, 7) is 0.872. The van der Waals surface area contributed by atoms with Gasteiger partial charge in [-0.15, -0.1) is 0 Å². The molecule has 3 rings (SSSR count). The normalized spacial score (nSPS) is 11.4. The summed E-state index contributed by atoms with van der Waals surface area (Å²) in [6.07, 6.45) is 0.654. The molecule has 0 bridgehead atoms. The Morgan fingerprint density at radius 1 is 0.828 bits per heavy atom. The van der Waals surface area contributed by atoms with E-state index < -0.39 is 0 Å². The minimum absolute atomic E-state index is 0.00896. The Labute approximate surface area is 171 Å². The number of benzene rings is 3. The molecule has 5 nitrogen and oxygen atoms in total. The number of amides is 1. The van der Waals surface area contributed by atoms with Crippen molar-refractivity contribution in [3.8, 4) is 0 Å². The number of aliphatic imine (C=N–C) groups is 1. The van der Waals surface area contributed by atoms with Gasteiger partial charge < -0.3 is 16.8 Å².